The summed E-state index contributed by atoms with van der Waals surface area (Å²) in [5, 5.41) is 10.1. The summed E-state index contributed by atoms with van der Waals surface area (Å²) in [5.74, 6) is 1.94. The van der Waals surface area contributed by atoms with Crippen molar-refractivity contribution in [2.75, 3.05) is 6.54 Å². The van der Waals surface area contributed by atoms with Gasteiger partial charge in [-0.2, -0.15) is 0 Å². The van der Waals surface area contributed by atoms with Crippen LogP contribution in [0.4, 0.5) is 0 Å². The van der Waals surface area contributed by atoms with Crippen LogP contribution in [-0.4, -0.2) is 40.5 Å². The molecular weight excluding hydrogens is 562 g/mol. The van der Waals surface area contributed by atoms with Crippen LogP contribution in [-0.2, 0) is 11.4 Å². The van der Waals surface area contributed by atoms with Crippen molar-refractivity contribution < 1.29 is 14.3 Å². The number of nitrogens with two attached hydrogens (primary N) is 1. The van der Waals surface area contributed by atoms with Crippen LogP contribution in [0.5, 0.6) is 5.75 Å². The van der Waals surface area contributed by atoms with Gasteiger partial charge >= 0.3 is 0 Å². The Hall–Kier alpha value is -4.46. The highest BCUT2D eigenvalue weighted by Gasteiger charge is 2.54. The highest BCUT2D eigenvalue weighted by molar-refractivity contribution is 6.46. The van der Waals surface area contributed by atoms with E-state index in [0.29, 0.717) is 35.6 Å². The van der Waals surface area contributed by atoms with Crippen LogP contribution < -0.4 is 15.8 Å². The highest BCUT2D eigenvalue weighted by atomic mass is 16.5. The second-order valence-corrected chi connectivity index (χ2v) is 13.1. The van der Waals surface area contributed by atoms with Crippen LogP contribution in [0.1, 0.15) is 85.5 Å². The molecule has 0 unspecified atom stereocenters. The summed E-state index contributed by atoms with van der Waals surface area (Å²) in [4.78, 5) is 34.6. The Morgan fingerprint density at radius 1 is 0.978 bits per heavy atom. The van der Waals surface area contributed by atoms with Crippen molar-refractivity contribution >= 4 is 23.4 Å². The van der Waals surface area contributed by atoms with Crippen molar-refractivity contribution in [2.24, 2.45) is 28.5 Å². The van der Waals surface area contributed by atoms with Crippen LogP contribution in [0.15, 0.2) is 83.9 Å². The average molecular weight is 606 g/mol. The predicted molar refractivity (Wildman–Crippen MR) is 176 cm³/mol. The Morgan fingerprint density at radius 2 is 1.64 bits per heavy atom. The zero-order valence-corrected chi connectivity index (χ0v) is 26.2. The Labute approximate surface area is 265 Å². The average Bonchev–Trinajstić information content (AvgIpc) is 3.86. The molecule has 6 rings (SSSR count). The molecule has 45 heavy (non-hydrogen) atoms. The monoisotopic (exact) mass is 605 g/mol. The van der Waals surface area contributed by atoms with E-state index in [-0.39, 0.29) is 30.2 Å². The molecule has 8 heteroatoms. The lowest BCUT2D eigenvalue weighted by molar-refractivity contribution is -0.134. The van der Waals surface area contributed by atoms with E-state index in [2.05, 4.69) is 24.1 Å². The maximum atomic E-state index is 14.5. The largest absolute Gasteiger partial charge is 0.489 e. The third-order valence-corrected chi connectivity index (χ3v) is 9.64. The lowest BCUT2D eigenvalue weighted by Crippen LogP contribution is -2.51. The number of carbonyl (C=O) groups is 2. The third-order valence-electron chi connectivity index (χ3n) is 9.64. The molecule has 3 aliphatic rings. The highest BCUT2D eigenvalue weighted by Crippen LogP contribution is 2.53. The number of benzene rings is 3. The molecular formula is C37H43N5O3. The van der Waals surface area contributed by atoms with E-state index in [9.17, 15) is 9.59 Å². The summed E-state index contributed by atoms with van der Waals surface area (Å²) in [6, 6.07) is 25.3. The molecule has 0 aromatic heterocycles. The van der Waals surface area contributed by atoms with Gasteiger partial charge in [0.2, 0.25) is 0 Å². The van der Waals surface area contributed by atoms with Crippen LogP contribution in [0.2, 0.25) is 0 Å². The second kappa shape index (κ2) is 12.9. The van der Waals surface area contributed by atoms with Crippen molar-refractivity contribution in [3.05, 3.63) is 101 Å². The van der Waals surface area contributed by atoms with Gasteiger partial charge in [-0.3, -0.25) is 20.0 Å². The first-order valence-corrected chi connectivity index (χ1v) is 16.2. The fourth-order valence-electron chi connectivity index (χ4n) is 6.91. The minimum atomic E-state index is -0.578. The molecule has 8 nitrogen and oxygen atoms in total. The predicted octanol–water partition coefficient (Wildman–Crippen LogP) is 6.26. The summed E-state index contributed by atoms with van der Waals surface area (Å²) in [7, 11) is 0. The zero-order chi connectivity index (χ0) is 31.6. The van der Waals surface area contributed by atoms with Gasteiger partial charge < -0.3 is 20.7 Å². The number of rotatable bonds is 11. The van der Waals surface area contributed by atoms with E-state index in [1.165, 1.54) is 0 Å². The Kier molecular flexibility index (Phi) is 8.74. The van der Waals surface area contributed by atoms with Crippen molar-refractivity contribution in [3.63, 3.8) is 0 Å². The Morgan fingerprint density at radius 3 is 2.24 bits per heavy atom. The number of carbonyl (C=O) groups excluding carboxylic acids is 2. The molecule has 3 aromatic carbocycles. The molecule has 2 amide bonds. The topological polar surface area (TPSA) is 121 Å². The number of nitrogens with one attached hydrogen (secondary N) is 2. The van der Waals surface area contributed by atoms with E-state index in [4.69, 9.17) is 20.9 Å². The lowest BCUT2D eigenvalue weighted by atomic mass is 9.76. The van der Waals surface area contributed by atoms with Gasteiger partial charge in [-0.25, -0.2) is 0 Å². The summed E-state index contributed by atoms with van der Waals surface area (Å²) in [6.45, 7) is 5.07. The summed E-state index contributed by atoms with van der Waals surface area (Å²) >= 11 is 0. The number of hydrogen-bond acceptors (Lipinski definition) is 5. The molecule has 0 saturated heterocycles. The van der Waals surface area contributed by atoms with Crippen molar-refractivity contribution in [2.45, 2.75) is 70.7 Å². The van der Waals surface area contributed by atoms with Gasteiger partial charge in [-0.1, -0.05) is 56.3 Å². The summed E-state index contributed by atoms with van der Waals surface area (Å²) in [5.41, 5.74) is 8.80. The van der Waals surface area contributed by atoms with Gasteiger partial charge in [0.1, 0.15) is 29.6 Å². The molecule has 1 heterocycles. The standard InChI is InChI=1S/C37H43N5O3/c1-24(2)26-18-20-37(21-19-26)41-33(27-14-16-31(17-15-27)45-23-25-6-4-3-5-7-25)36(44)42(37)34(28-8-9-28)29-10-12-30(13-11-29)35(43)40-22-32(38)39/h3-7,10-17,24,26,28,34H,8-9,18-23H2,1-2H3,(H3,38,39)(H,40,43)/t26?,34-,37?/m1/s1. The maximum absolute atomic E-state index is 14.5. The van der Waals surface area contributed by atoms with Crippen LogP contribution in [0.3, 0.4) is 0 Å². The maximum Gasteiger partial charge on any atom is 0.275 e. The normalized spacial score (nSPS) is 21.9. The van der Waals surface area contributed by atoms with E-state index in [1.807, 2.05) is 66.7 Å². The molecule has 2 fully saturated rings. The van der Waals surface area contributed by atoms with Gasteiger partial charge in [-0.05, 0) is 104 Å². The molecule has 2 saturated carbocycles. The SMILES string of the molecule is CC(C)C1CCC2(CC1)N=C(c1ccc(OCc3ccccc3)cc1)C(=O)N2[C@@H](c1ccc(C(=O)NCC(=N)N)cc1)C1CC1. The molecule has 1 aliphatic heterocycles. The second-order valence-electron chi connectivity index (χ2n) is 13.1. The van der Waals surface area contributed by atoms with E-state index < -0.39 is 5.66 Å². The smallest absolute Gasteiger partial charge is 0.275 e. The molecule has 0 bridgehead atoms. The summed E-state index contributed by atoms with van der Waals surface area (Å²) in [6.07, 6.45) is 5.88. The molecule has 1 spiro atoms. The van der Waals surface area contributed by atoms with Crippen LogP contribution in [0, 0.1) is 23.2 Å². The Bertz CT molecular complexity index is 1550. The first-order valence-electron chi connectivity index (χ1n) is 16.2. The van der Waals surface area contributed by atoms with Gasteiger partial charge in [0.25, 0.3) is 11.8 Å². The Balaban J connectivity index is 1.28. The summed E-state index contributed by atoms with van der Waals surface area (Å²) < 4.78 is 6.01. The van der Waals surface area contributed by atoms with E-state index in [0.717, 1.165) is 61.0 Å². The van der Waals surface area contributed by atoms with Gasteiger partial charge in [-0.15, -0.1) is 0 Å². The van der Waals surface area contributed by atoms with Crippen LogP contribution >= 0.6 is 0 Å². The number of aliphatic imine (C=N–C) groups is 1. The van der Waals surface area contributed by atoms with E-state index >= 15 is 0 Å². The lowest BCUT2D eigenvalue weighted by Gasteiger charge is -2.46. The fourth-order valence-corrected chi connectivity index (χ4v) is 6.91. The number of nitrogens with zero attached hydrogens (tertiary/aromatic N) is 2. The number of ether oxygens (including phenoxy) is 1. The quantitative estimate of drug-likeness (QED) is 0.177. The van der Waals surface area contributed by atoms with Crippen molar-refractivity contribution in [1.82, 2.24) is 10.2 Å². The molecule has 1 atom stereocenters. The van der Waals surface area contributed by atoms with Gasteiger partial charge in [0, 0.05) is 11.1 Å². The van der Waals surface area contributed by atoms with Gasteiger partial charge in [0.05, 0.1) is 12.6 Å². The van der Waals surface area contributed by atoms with Crippen molar-refractivity contribution in [1.29, 1.82) is 5.41 Å². The zero-order valence-electron chi connectivity index (χ0n) is 26.2. The van der Waals surface area contributed by atoms with Gasteiger partial charge in [0.15, 0.2) is 0 Å². The van der Waals surface area contributed by atoms with E-state index in [1.54, 1.807) is 12.1 Å². The molecule has 3 aromatic rings. The van der Waals surface area contributed by atoms with Crippen LogP contribution in [0.25, 0.3) is 0 Å². The molecule has 2 aliphatic carbocycles. The first kappa shape index (κ1) is 30.6. The number of amidine groups is 1. The minimum absolute atomic E-state index is 0.00764. The number of hydrogen-bond donors (Lipinski definition) is 3. The molecule has 4 N–H and O–H groups in total. The minimum Gasteiger partial charge on any atom is -0.489 e. The molecule has 234 valence electrons. The first-order chi connectivity index (χ1) is 21.7. The van der Waals surface area contributed by atoms with Crippen molar-refractivity contribution in [3.8, 4) is 5.75 Å². The molecule has 0 radical (unpaired) electrons. The third kappa shape index (κ3) is 6.65. The number of amides is 2. The fraction of sp³-hybridized carbons (Fsp3) is 0.405.